The molecule has 0 aliphatic rings. The summed E-state index contributed by atoms with van der Waals surface area (Å²) in [5.74, 6) is -0.219. The minimum atomic E-state index is -4.55. The molecule has 7 heteroatoms. The van der Waals surface area contributed by atoms with Gasteiger partial charge in [-0.05, 0) is 18.2 Å². The number of carbonyl (C=O) groups is 1. The van der Waals surface area contributed by atoms with Crippen LogP contribution in [-0.2, 0) is 11.0 Å². The van der Waals surface area contributed by atoms with Gasteiger partial charge in [0, 0.05) is 24.7 Å². The van der Waals surface area contributed by atoms with Crippen LogP contribution in [-0.4, -0.2) is 19.0 Å². The second-order valence-corrected chi connectivity index (χ2v) is 4.74. The van der Waals surface area contributed by atoms with Crippen molar-refractivity contribution in [1.82, 2.24) is 5.32 Å². The molecule has 21 heavy (non-hydrogen) atoms. The Labute approximate surface area is 121 Å². The molecule has 1 amide bonds. The van der Waals surface area contributed by atoms with E-state index in [1.165, 1.54) is 12.1 Å². The second-order valence-electron chi connectivity index (χ2n) is 4.74. The van der Waals surface area contributed by atoms with Gasteiger partial charge in [-0.2, -0.15) is 18.4 Å². The third-order valence-electron chi connectivity index (χ3n) is 2.72. The number of hydrogen-bond donors (Lipinski definition) is 2. The van der Waals surface area contributed by atoms with Gasteiger partial charge in [-0.3, -0.25) is 4.79 Å². The molecule has 4 nitrogen and oxygen atoms in total. The van der Waals surface area contributed by atoms with Gasteiger partial charge in [0.2, 0.25) is 5.91 Å². The van der Waals surface area contributed by atoms with Crippen LogP contribution in [0, 0.1) is 17.2 Å². The number of nitriles is 1. The fraction of sp³-hybridized carbons (Fsp3) is 0.429. The highest BCUT2D eigenvalue weighted by atomic mass is 19.4. The SMILES string of the molecule is CC(C)C(=O)NCCNc1ccc(C(F)(F)F)c(C#N)c1. The Bertz CT molecular complexity index is 547. The Morgan fingerprint density at radius 3 is 2.52 bits per heavy atom. The van der Waals surface area contributed by atoms with Crippen LogP contribution in [0.4, 0.5) is 18.9 Å². The zero-order valence-corrected chi connectivity index (χ0v) is 11.7. The fourth-order valence-electron chi connectivity index (χ4n) is 1.59. The molecule has 1 aromatic rings. The quantitative estimate of drug-likeness (QED) is 0.822. The van der Waals surface area contributed by atoms with Gasteiger partial charge in [0.1, 0.15) is 0 Å². The number of benzene rings is 1. The Kier molecular flexibility index (Phi) is 5.59. The van der Waals surface area contributed by atoms with Crippen LogP contribution in [0.2, 0.25) is 0 Å². The van der Waals surface area contributed by atoms with Crippen molar-refractivity contribution in [3.05, 3.63) is 29.3 Å². The molecule has 1 rings (SSSR count). The first-order valence-electron chi connectivity index (χ1n) is 6.38. The summed E-state index contributed by atoms with van der Waals surface area (Å²) >= 11 is 0. The number of alkyl halides is 3. The van der Waals surface area contributed by atoms with E-state index in [-0.39, 0.29) is 11.8 Å². The van der Waals surface area contributed by atoms with Gasteiger partial charge < -0.3 is 10.6 Å². The van der Waals surface area contributed by atoms with E-state index in [0.29, 0.717) is 18.8 Å². The normalized spacial score (nSPS) is 11.1. The summed E-state index contributed by atoms with van der Waals surface area (Å²) in [6.07, 6.45) is -4.55. The fourth-order valence-corrected chi connectivity index (χ4v) is 1.59. The topological polar surface area (TPSA) is 64.9 Å². The molecule has 0 unspecified atom stereocenters. The molecular formula is C14H16F3N3O. The van der Waals surface area contributed by atoms with Crippen molar-refractivity contribution in [2.45, 2.75) is 20.0 Å². The van der Waals surface area contributed by atoms with Gasteiger partial charge in [0.05, 0.1) is 17.2 Å². The predicted molar refractivity (Wildman–Crippen MR) is 72.5 cm³/mol. The van der Waals surface area contributed by atoms with Crippen LogP contribution >= 0.6 is 0 Å². The first kappa shape index (κ1) is 16.8. The summed E-state index contributed by atoms with van der Waals surface area (Å²) in [5, 5.41) is 14.3. The lowest BCUT2D eigenvalue weighted by molar-refractivity contribution is -0.137. The highest BCUT2D eigenvalue weighted by Gasteiger charge is 2.33. The molecule has 0 saturated carbocycles. The zero-order valence-electron chi connectivity index (χ0n) is 11.7. The largest absolute Gasteiger partial charge is 0.417 e. The highest BCUT2D eigenvalue weighted by Crippen LogP contribution is 2.32. The standard InChI is InChI=1S/C14H16F3N3O/c1-9(2)13(21)20-6-5-19-11-3-4-12(14(15,16)17)10(7-11)8-18/h3-4,7,9,19H,5-6H2,1-2H3,(H,20,21). The molecule has 0 spiro atoms. The summed E-state index contributed by atoms with van der Waals surface area (Å²) in [4.78, 5) is 11.3. The first-order chi connectivity index (χ1) is 9.75. The molecule has 0 fully saturated rings. The number of amides is 1. The number of rotatable bonds is 5. The van der Waals surface area contributed by atoms with Gasteiger partial charge in [0.25, 0.3) is 0 Å². The maximum Gasteiger partial charge on any atom is 0.417 e. The second kappa shape index (κ2) is 6.97. The van der Waals surface area contributed by atoms with E-state index in [0.717, 1.165) is 12.1 Å². The Balaban J connectivity index is 2.62. The highest BCUT2D eigenvalue weighted by molar-refractivity contribution is 5.77. The minimum absolute atomic E-state index is 0.0954. The van der Waals surface area contributed by atoms with Gasteiger partial charge in [-0.1, -0.05) is 13.8 Å². The van der Waals surface area contributed by atoms with E-state index in [9.17, 15) is 18.0 Å². The molecular weight excluding hydrogens is 283 g/mol. The summed E-state index contributed by atoms with van der Waals surface area (Å²) in [7, 11) is 0. The molecule has 0 radical (unpaired) electrons. The zero-order chi connectivity index (χ0) is 16.0. The Morgan fingerprint density at radius 2 is 2.00 bits per heavy atom. The predicted octanol–water partition coefficient (Wildman–Crippen LogP) is 2.76. The van der Waals surface area contributed by atoms with Crippen molar-refractivity contribution < 1.29 is 18.0 Å². The first-order valence-corrected chi connectivity index (χ1v) is 6.38. The average Bonchev–Trinajstić information content (AvgIpc) is 2.41. The van der Waals surface area contributed by atoms with Crippen molar-refractivity contribution in [2.24, 2.45) is 5.92 Å². The lowest BCUT2D eigenvalue weighted by atomic mass is 10.1. The average molecular weight is 299 g/mol. The molecule has 0 bridgehead atoms. The summed E-state index contributed by atoms with van der Waals surface area (Å²) in [6.45, 7) is 4.23. The van der Waals surface area contributed by atoms with E-state index in [1.54, 1.807) is 13.8 Å². The van der Waals surface area contributed by atoms with Crippen LogP contribution in [0.3, 0.4) is 0 Å². The van der Waals surface area contributed by atoms with Crippen molar-refractivity contribution in [2.75, 3.05) is 18.4 Å². The molecule has 0 heterocycles. The summed E-state index contributed by atoms with van der Waals surface area (Å²) in [5.41, 5.74) is -0.985. The maximum atomic E-state index is 12.6. The molecule has 0 aliphatic carbocycles. The molecule has 0 atom stereocenters. The molecule has 1 aromatic carbocycles. The Morgan fingerprint density at radius 1 is 1.33 bits per heavy atom. The van der Waals surface area contributed by atoms with Crippen LogP contribution in [0.5, 0.6) is 0 Å². The number of hydrogen-bond acceptors (Lipinski definition) is 3. The Hall–Kier alpha value is -2.23. The number of anilines is 1. The van der Waals surface area contributed by atoms with Crippen LogP contribution in [0.15, 0.2) is 18.2 Å². The minimum Gasteiger partial charge on any atom is -0.383 e. The van der Waals surface area contributed by atoms with Crippen molar-refractivity contribution >= 4 is 11.6 Å². The number of carbonyl (C=O) groups excluding carboxylic acids is 1. The van der Waals surface area contributed by atoms with E-state index in [2.05, 4.69) is 10.6 Å². The van der Waals surface area contributed by atoms with E-state index in [1.807, 2.05) is 0 Å². The molecule has 0 aliphatic heterocycles. The van der Waals surface area contributed by atoms with Gasteiger partial charge in [-0.15, -0.1) is 0 Å². The van der Waals surface area contributed by atoms with Gasteiger partial charge >= 0.3 is 6.18 Å². The van der Waals surface area contributed by atoms with Crippen LogP contribution in [0.1, 0.15) is 25.0 Å². The van der Waals surface area contributed by atoms with Crippen molar-refractivity contribution in [1.29, 1.82) is 5.26 Å². The summed E-state index contributed by atoms with van der Waals surface area (Å²) in [6, 6.07) is 4.81. The molecule has 0 saturated heterocycles. The molecule has 114 valence electrons. The monoisotopic (exact) mass is 299 g/mol. The number of nitrogens with zero attached hydrogens (tertiary/aromatic N) is 1. The molecule has 0 aromatic heterocycles. The summed E-state index contributed by atoms with van der Waals surface area (Å²) < 4.78 is 37.9. The third-order valence-corrected chi connectivity index (χ3v) is 2.72. The molecule has 2 N–H and O–H groups in total. The number of nitrogens with one attached hydrogen (secondary N) is 2. The van der Waals surface area contributed by atoms with Crippen molar-refractivity contribution in [3.8, 4) is 6.07 Å². The van der Waals surface area contributed by atoms with Crippen LogP contribution in [0.25, 0.3) is 0 Å². The van der Waals surface area contributed by atoms with Gasteiger partial charge in [-0.25, -0.2) is 0 Å². The van der Waals surface area contributed by atoms with Crippen molar-refractivity contribution in [3.63, 3.8) is 0 Å². The lowest BCUT2D eigenvalue weighted by Gasteiger charge is -2.12. The van der Waals surface area contributed by atoms with E-state index < -0.39 is 17.3 Å². The van der Waals surface area contributed by atoms with Crippen LogP contribution < -0.4 is 10.6 Å². The number of halogens is 3. The maximum absolute atomic E-state index is 12.6. The smallest absolute Gasteiger partial charge is 0.383 e. The van der Waals surface area contributed by atoms with Gasteiger partial charge in [0.15, 0.2) is 0 Å². The third kappa shape index (κ3) is 4.99. The van der Waals surface area contributed by atoms with E-state index in [4.69, 9.17) is 5.26 Å². The lowest BCUT2D eigenvalue weighted by Crippen LogP contribution is -2.31. The van der Waals surface area contributed by atoms with E-state index >= 15 is 0 Å².